The van der Waals surface area contributed by atoms with E-state index in [1.807, 2.05) is 30.3 Å². The first-order valence-electron chi connectivity index (χ1n) is 6.33. The predicted octanol–water partition coefficient (Wildman–Crippen LogP) is 3.03. The molecule has 0 N–H and O–H groups in total. The number of ether oxygens (including phenoxy) is 3. The van der Waals surface area contributed by atoms with E-state index in [4.69, 9.17) is 20.6 Å². The van der Waals surface area contributed by atoms with Crippen LogP contribution in [0, 0.1) is 12.3 Å². The Morgan fingerprint density at radius 3 is 2.48 bits per heavy atom. The van der Waals surface area contributed by atoms with E-state index in [9.17, 15) is 4.79 Å². The largest absolute Gasteiger partial charge is 0.482 e. The van der Waals surface area contributed by atoms with Gasteiger partial charge >= 0.3 is 5.97 Å². The van der Waals surface area contributed by atoms with Crippen molar-refractivity contribution in [1.29, 1.82) is 0 Å². The number of para-hydroxylation sites is 1. The molecule has 0 bridgehead atoms. The summed E-state index contributed by atoms with van der Waals surface area (Å²) in [6, 6.07) is 16.4. The Hall–Kier alpha value is -2.93. The highest BCUT2D eigenvalue weighted by atomic mass is 16.6. The Balaban J connectivity index is 1.92. The SMILES string of the molecule is C#CCOC(=O)COc1cccc(Oc2ccccc2)c1. The van der Waals surface area contributed by atoms with Gasteiger partial charge in [-0.05, 0) is 24.3 Å². The van der Waals surface area contributed by atoms with Gasteiger partial charge in [0.25, 0.3) is 0 Å². The predicted molar refractivity (Wildman–Crippen MR) is 78.2 cm³/mol. The number of esters is 1. The van der Waals surface area contributed by atoms with Crippen molar-refractivity contribution in [1.82, 2.24) is 0 Å². The second-order valence-corrected chi connectivity index (χ2v) is 4.04. The van der Waals surface area contributed by atoms with Crippen molar-refractivity contribution in [2.45, 2.75) is 0 Å². The summed E-state index contributed by atoms with van der Waals surface area (Å²) in [7, 11) is 0. The normalized spacial score (nSPS) is 9.48. The molecule has 0 radical (unpaired) electrons. The standard InChI is InChI=1S/C17H14O4/c1-2-11-19-17(18)13-20-15-9-6-10-16(12-15)21-14-7-4-3-5-8-14/h1,3-10,12H,11,13H2. The van der Waals surface area contributed by atoms with E-state index >= 15 is 0 Å². The molecule has 0 saturated carbocycles. The maximum atomic E-state index is 11.3. The molecule has 0 fully saturated rings. The van der Waals surface area contributed by atoms with Gasteiger partial charge in [0, 0.05) is 6.07 Å². The van der Waals surface area contributed by atoms with Crippen LogP contribution in [-0.2, 0) is 9.53 Å². The minimum atomic E-state index is -0.512. The van der Waals surface area contributed by atoms with Gasteiger partial charge in [-0.25, -0.2) is 4.79 Å². The van der Waals surface area contributed by atoms with Gasteiger partial charge in [0.2, 0.25) is 0 Å². The van der Waals surface area contributed by atoms with Crippen molar-refractivity contribution in [3.8, 4) is 29.6 Å². The molecule has 0 aliphatic heterocycles. The van der Waals surface area contributed by atoms with Crippen LogP contribution in [0.5, 0.6) is 17.2 Å². The highest BCUT2D eigenvalue weighted by Gasteiger charge is 2.04. The van der Waals surface area contributed by atoms with Crippen LogP contribution < -0.4 is 9.47 Å². The number of carbonyl (C=O) groups is 1. The maximum Gasteiger partial charge on any atom is 0.345 e. The Morgan fingerprint density at radius 2 is 1.71 bits per heavy atom. The van der Waals surface area contributed by atoms with Crippen molar-refractivity contribution >= 4 is 5.97 Å². The molecule has 0 heterocycles. The van der Waals surface area contributed by atoms with Crippen LogP contribution in [0.4, 0.5) is 0 Å². The lowest BCUT2D eigenvalue weighted by Gasteiger charge is -2.08. The lowest BCUT2D eigenvalue weighted by atomic mass is 10.3. The third-order valence-corrected chi connectivity index (χ3v) is 2.46. The number of terminal acetylenes is 1. The summed E-state index contributed by atoms with van der Waals surface area (Å²) in [5.74, 6) is 3.56. The van der Waals surface area contributed by atoms with Gasteiger partial charge < -0.3 is 14.2 Å². The van der Waals surface area contributed by atoms with E-state index in [2.05, 4.69) is 5.92 Å². The molecule has 0 atom stereocenters. The van der Waals surface area contributed by atoms with E-state index in [1.54, 1.807) is 24.3 Å². The van der Waals surface area contributed by atoms with Crippen molar-refractivity contribution in [2.75, 3.05) is 13.2 Å². The van der Waals surface area contributed by atoms with Gasteiger partial charge in [-0.2, -0.15) is 0 Å². The molecule has 2 aromatic rings. The van der Waals surface area contributed by atoms with Crippen LogP contribution in [-0.4, -0.2) is 19.2 Å². The third kappa shape index (κ3) is 4.92. The second kappa shape index (κ2) is 7.61. The monoisotopic (exact) mass is 282 g/mol. The lowest BCUT2D eigenvalue weighted by Crippen LogP contribution is -2.14. The van der Waals surface area contributed by atoms with Gasteiger partial charge in [-0.3, -0.25) is 0 Å². The smallest absolute Gasteiger partial charge is 0.345 e. The first kappa shape index (κ1) is 14.5. The first-order chi connectivity index (χ1) is 10.3. The molecule has 0 aliphatic rings. The highest BCUT2D eigenvalue weighted by Crippen LogP contribution is 2.24. The van der Waals surface area contributed by atoms with Gasteiger partial charge in [0.1, 0.15) is 17.2 Å². The molecule has 0 amide bonds. The summed E-state index contributed by atoms with van der Waals surface area (Å²) < 4.78 is 15.7. The number of benzene rings is 2. The highest BCUT2D eigenvalue weighted by molar-refractivity contribution is 5.71. The van der Waals surface area contributed by atoms with Gasteiger partial charge in [-0.1, -0.05) is 30.2 Å². The van der Waals surface area contributed by atoms with Crippen LogP contribution in [0.1, 0.15) is 0 Å². The topological polar surface area (TPSA) is 44.8 Å². The molecule has 0 spiro atoms. The number of hydrogen-bond acceptors (Lipinski definition) is 4. The fraction of sp³-hybridized carbons (Fsp3) is 0.118. The van der Waals surface area contributed by atoms with E-state index < -0.39 is 5.97 Å². The van der Waals surface area contributed by atoms with Crippen LogP contribution in [0.2, 0.25) is 0 Å². The molecule has 21 heavy (non-hydrogen) atoms. The van der Waals surface area contributed by atoms with E-state index in [-0.39, 0.29) is 13.2 Å². The summed E-state index contributed by atoms with van der Waals surface area (Å²) >= 11 is 0. The minimum absolute atomic E-state index is 0.0562. The van der Waals surface area contributed by atoms with Crippen molar-refractivity contribution in [3.05, 3.63) is 54.6 Å². The fourth-order valence-corrected chi connectivity index (χ4v) is 1.56. The van der Waals surface area contributed by atoms with Gasteiger partial charge in [0.05, 0.1) is 0 Å². The molecule has 4 nitrogen and oxygen atoms in total. The molecule has 0 aromatic heterocycles. The second-order valence-electron chi connectivity index (χ2n) is 4.04. The molecule has 0 unspecified atom stereocenters. The number of carbonyl (C=O) groups excluding carboxylic acids is 1. The number of rotatable bonds is 6. The minimum Gasteiger partial charge on any atom is -0.482 e. The zero-order chi connectivity index (χ0) is 14.9. The zero-order valence-electron chi connectivity index (χ0n) is 11.3. The molecule has 0 saturated heterocycles. The van der Waals surface area contributed by atoms with Crippen LogP contribution in [0.15, 0.2) is 54.6 Å². The van der Waals surface area contributed by atoms with Crippen LogP contribution in [0.3, 0.4) is 0 Å². The summed E-state index contributed by atoms with van der Waals surface area (Å²) in [6.45, 7) is -0.254. The molecule has 4 heteroatoms. The van der Waals surface area contributed by atoms with E-state index in [0.29, 0.717) is 11.5 Å². The fourth-order valence-electron chi connectivity index (χ4n) is 1.56. The first-order valence-corrected chi connectivity index (χ1v) is 6.33. The Morgan fingerprint density at radius 1 is 1.00 bits per heavy atom. The molecule has 106 valence electrons. The average molecular weight is 282 g/mol. The van der Waals surface area contributed by atoms with Crippen LogP contribution in [0.25, 0.3) is 0 Å². The molecular weight excluding hydrogens is 268 g/mol. The molecule has 2 aromatic carbocycles. The van der Waals surface area contributed by atoms with E-state index in [1.165, 1.54) is 0 Å². The van der Waals surface area contributed by atoms with Crippen molar-refractivity contribution in [3.63, 3.8) is 0 Å². The number of hydrogen-bond donors (Lipinski definition) is 0. The van der Waals surface area contributed by atoms with Crippen LogP contribution >= 0.6 is 0 Å². The Bertz CT molecular complexity index is 629. The van der Waals surface area contributed by atoms with E-state index in [0.717, 1.165) is 5.75 Å². The maximum absolute atomic E-state index is 11.3. The summed E-state index contributed by atoms with van der Waals surface area (Å²) in [5.41, 5.74) is 0. The summed E-state index contributed by atoms with van der Waals surface area (Å²) in [5, 5.41) is 0. The average Bonchev–Trinajstić information content (AvgIpc) is 2.52. The quantitative estimate of drug-likeness (QED) is 0.603. The Labute approximate surface area is 123 Å². The molecule has 2 rings (SSSR count). The summed E-state index contributed by atoms with van der Waals surface area (Å²) in [4.78, 5) is 11.3. The zero-order valence-corrected chi connectivity index (χ0v) is 11.3. The van der Waals surface area contributed by atoms with Gasteiger partial charge in [0.15, 0.2) is 13.2 Å². The Kier molecular flexibility index (Phi) is 5.25. The van der Waals surface area contributed by atoms with Gasteiger partial charge in [-0.15, -0.1) is 6.42 Å². The van der Waals surface area contributed by atoms with Crippen molar-refractivity contribution < 1.29 is 19.0 Å². The van der Waals surface area contributed by atoms with Crippen molar-refractivity contribution in [2.24, 2.45) is 0 Å². The third-order valence-electron chi connectivity index (χ3n) is 2.46. The summed E-state index contributed by atoms with van der Waals surface area (Å²) in [6.07, 6.45) is 4.99. The molecule has 0 aliphatic carbocycles. The molecular formula is C17H14O4. The lowest BCUT2D eigenvalue weighted by molar-refractivity contribution is -0.144.